The molecule has 1 aliphatic rings. The summed E-state index contributed by atoms with van der Waals surface area (Å²) in [4.78, 5) is 45.6. The van der Waals surface area contributed by atoms with Crippen molar-refractivity contribution >= 4 is 29.9 Å². The lowest BCUT2D eigenvalue weighted by Crippen LogP contribution is -2.51. The second-order valence-electron chi connectivity index (χ2n) is 4.85. The van der Waals surface area contributed by atoms with Crippen LogP contribution in [0.25, 0.3) is 17.4 Å². The fourth-order valence-corrected chi connectivity index (χ4v) is 2.21. The second kappa shape index (κ2) is 5.84. The summed E-state index contributed by atoms with van der Waals surface area (Å²) < 4.78 is 5.50. The van der Waals surface area contributed by atoms with Crippen molar-refractivity contribution < 1.29 is 28.7 Å². The minimum absolute atomic E-state index is 0.0600. The summed E-state index contributed by atoms with van der Waals surface area (Å²) in [7, 11) is 0. The van der Waals surface area contributed by atoms with Gasteiger partial charge in [-0.15, -0.1) is 0 Å². The van der Waals surface area contributed by atoms with E-state index in [1.54, 1.807) is 18.2 Å². The highest BCUT2D eigenvalue weighted by atomic mass is 16.4. The number of carbonyl (C=O) groups is 4. The van der Waals surface area contributed by atoms with Crippen LogP contribution in [0.5, 0.6) is 0 Å². The van der Waals surface area contributed by atoms with Gasteiger partial charge in [0.15, 0.2) is 0 Å². The quantitative estimate of drug-likeness (QED) is 0.578. The van der Waals surface area contributed by atoms with Gasteiger partial charge in [-0.1, -0.05) is 18.2 Å². The molecule has 1 saturated heterocycles. The molecule has 0 radical (unpaired) electrons. The molecule has 1 aromatic carbocycles. The topological polar surface area (TPSA) is 126 Å². The number of imide groups is 2. The number of aromatic carboxylic acids is 1. The average Bonchev–Trinajstić information content (AvgIpc) is 2.99. The van der Waals surface area contributed by atoms with Crippen LogP contribution in [0.4, 0.5) is 4.79 Å². The third-order valence-electron chi connectivity index (χ3n) is 3.28. The standard InChI is InChI=1S/C16H10N2O6/c19-13-11(14(20)18-16(23)17-13)7-8-5-6-12(24-8)9-3-1-2-4-10(9)15(21)22/h1-7H,(H,21,22)(H2,17,18,19,20,23). The predicted molar refractivity (Wildman–Crippen MR) is 80.8 cm³/mol. The van der Waals surface area contributed by atoms with Gasteiger partial charge in [0.25, 0.3) is 11.8 Å². The Bertz CT molecular complexity index is 887. The fourth-order valence-electron chi connectivity index (χ4n) is 2.21. The molecular weight excluding hydrogens is 316 g/mol. The molecule has 24 heavy (non-hydrogen) atoms. The molecule has 8 nitrogen and oxygen atoms in total. The smallest absolute Gasteiger partial charge is 0.336 e. The zero-order valence-electron chi connectivity index (χ0n) is 12.0. The van der Waals surface area contributed by atoms with Crippen molar-refractivity contribution in [1.82, 2.24) is 10.6 Å². The fraction of sp³-hybridized carbons (Fsp3) is 0. The molecule has 1 fully saturated rings. The Morgan fingerprint density at radius 1 is 1.00 bits per heavy atom. The molecule has 0 atom stereocenters. The average molecular weight is 326 g/mol. The van der Waals surface area contributed by atoms with Gasteiger partial charge in [-0.05, 0) is 24.3 Å². The first-order valence-corrected chi connectivity index (χ1v) is 6.76. The van der Waals surface area contributed by atoms with E-state index in [9.17, 15) is 24.3 Å². The predicted octanol–water partition coefficient (Wildman–Crippen LogP) is 1.39. The minimum Gasteiger partial charge on any atom is -0.478 e. The minimum atomic E-state index is -1.11. The molecule has 0 aliphatic carbocycles. The number of hydrogen-bond acceptors (Lipinski definition) is 5. The molecule has 3 rings (SSSR count). The summed E-state index contributed by atoms with van der Waals surface area (Å²) in [5.41, 5.74) is 0.134. The van der Waals surface area contributed by atoms with Gasteiger partial charge >= 0.3 is 12.0 Å². The van der Waals surface area contributed by atoms with Crippen molar-refractivity contribution in [3.8, 4) is 11.3 Å². The largest absolute Gasteiger partial charge is 0.478 e. The van der Waals surface area contributed by atoms with E-state index in [2.05, 4.69) is 0 Å². The van der Waals surface area contributed by atoms with E-state index in [-0.39, 0.29) is 22.7 Å². The molecule has 0 unspecified atom stereocenters. The molecule has 2 aromatic rings. The number of carbonyl (C=O) groups excluding carboxylic acids is 3. The summed E-state index contributed by atoms with van der Waals surface area (Å²) in [6, 6.07) is 8.39. The van der Waals surface area contributed by atoms with E-state index in [4.69, 9.17) is 4.42 Å². The third kappa shape index (κ3) is 2.80. The van der Waals surface area contributed by atoms with Crippen LogP contribution in [0, 0.1) is 0 Å². The van der Waals surface area contributed by atoms with Gasteiger partial charge < -0.3 is 9.52 Å². The maximum Gasteiger partial charge on any atom is 0.336 e. The van der Waals surface area contributed by atoms with Crippen molar-refractivity contribution in [3.63, 3.8) is 0 Å². The van der Waals surface area contributed by atoms with Crippen molar-refractivity contribution in [2.45, 2.75) is 0 Å². The number of urea groups is 1. The highest BCUT2D eigenvalue weighted by molar-refractivity contribution is 6.31. The Kier molecular flexibility index (Phi) is 3.70. The van der Waals surface area contributed by atoms with Crippen LogP contribution in [0.2, 0.25) is 0 Å². The summed E-state index contributed by atoms with van der Waals surface area (Å²) in [6.45, 7) is 0. The number of rotatable bonds is 3. The monoisotopic (exact) mass is 326 g/mol. The molecule has 3 N–H and O–H groups in total. The number of barbiturate groups is 1. The first-order valence-electron chi connectivity index (χ1n) is 6.76. The number of hydrogen-bond donors (Lipinski definition) is 3. The van der Waals surface area contributed by atoms with Crippen molar-refractivity contribution in [2.24, 2.45) is 0 Å². The molecule has 2 heterocycles. The molecule has 1 aliphatic heterocycles. The zero-order chi connectivity index (χ0) is 17.3. The Morgan fingerprint density at radius 2 is 1.67 bits per heavy atom. The zero-order valence-corrected chi connectivity index (χ0v) is 12.0. The van der Waals surface area contributed by atoms with Gasteiger partial charge in [-0.25, -0.2) is 9.59 Å². The van der Waals surface area contributed by atoms with Crippen molar-refractivity contribution in [3.05, 3.63) is 53.3 Å². The third-order valence-corrected chi connectivity index (χ3v) is 3.28. The van der Waals surface area contributed by atoms with Crippen LogP contribution in [-0.2, 0) is 9.59 Å². The van der Waals surface area contributed by atoms with Crippen LogP contribution in [0.3, 0.4) is 0 Å². The summed E-state index contributed by atoms with van der Waals surface area (Å²) in [5, 5.41) is 13.1. The van der Waals surface area contributed by atoms with Gasteiger partial charge in [-0.2, -0.15) is 0 Å². The van der Waals surface area contributed by atoms with E-state index in [1.807, 2.05) is 10.6 Å². The lowest BCUT2D eigenvalue weighted by molar-refractivity contribution is -0.123. The number of amides is 4. The number of furan rings is 1. The highest BCUT2D eigenvalue weighted by Gasteiger charge is 2.28. The Labute approximate surface area is 134 Å². The summed E-state index contributed by atoms with van der Waals surface area (Å²) in [5.74, 6) is -2.35. The lowest BCUT2D eigenvalue weighted by atomic mass is 10.1. The van der Waals surface area contributed by atoms with E-state index in [0.717, 1.165) is 0 Å². The molecule has 0 bridgehead atoms. The van der Waals surface area contributed by atoms with Crippen molar-refractivity contribution in [1.29, 1.82) is 0 Å². The number of benzene rings is 1. The van der Waals surface area contributed by atoms with Crippen LogP contribution in [0.1, 0.15) is 16.1 Å². The van der Waals surface area contributed by atoms with Gasteiger partial charge in [0, 0.05) is 5.56 Å². The van der Waals surface area contributed by atoms with Crippen LogP contribution in [0.15, 0.2) is 46.4 Å². The van der Waals surface area contributed by atoms with Crippen LogP contribution >= 0.6 is 0 Å². The van der Waals surface area contributed by atoms with E-state index < -0.39 is 23.8 Å². The number of nitrogens with one attached hydrogen (secondary N) is 2. The molecule has 0 spiro atoms. The molecule has 4 amide bonds. The summed E-state index contributed by atoms with van der Waals surface area (Å²) >= 11 is 0. The van der Waals surface area contributed by atoms with Crippen LogP contribution in [-0.4, -0.2) is 28.9 Å². The van der Waals surface area contributed by atoms with E-state index in [1.165, 1.54) is 24.3 Å². The molecule has 0 saturated carbocycles. The Hall–Kier alpha value is -3.68. The molecule has 120 valence electrons. The van der Waals surface area contributed by atoms with Gasteiger partial charge in [0.1, 0.15) is 17.1 Å². The van der Waals surface area contributed by atoms with Gasteiger partial charge in [-0.3, -0.25) is 20.2 Å². The molecule has 8 heteroatoms. The Morgan fingerprint density at radius 3 is 2.33 bits per heavy atom. The second-order valence-corrected chi connectivity index (χ2v) is 4.85. The first-order chi connectivity index (χ1) is 11.5. The SMILES string of the molecule is O=C1NC(=O)C(=Cc2ccc(-c3ccccc3C(=O)O)o2)C(=O)N1. The first kappa shape index (κ1) is 15.2. The van der Waals surface area contributed by atoms with Crippen LogP contribution < -0.4 is 10.6 Å². The van der Waals surface area contributed by atoms with E-state index in [0.29, 0.717) is 5.56 Å². The van der Waals surface area contributed by atoms with E-state index >= 15 is 0 Å². The van der Waals surface area contributed by atoms with Gasteiger partial charge in [0.05, 0.1) is 5.56 Å². The maximum absolute atomic E-state index is 11.7. The molecule has 1 aromatic heterocycles. The maximum atomic E-state index is 11.7. The number of carboxylic acid groups (broad SMARTS) is 1. The number of carboxylic acids is 1. The normalized spacial score (nSPS) is 14.2. The highest BCUT2D eigenvalue weighted by Crippen LogP contribution is 2.27. The van der Waals surface area contributed by atoms with Gasteiger partial charge in [0.2, 0.25) is 0 Å². The Balaban J connectivity index is 1.96. The molecular formula is C16H10N2O6. The lowest BCUT2D eigenvalue weighted by Gasteiger charge is -2.13. The van der Waals surface area contributed by atoms with Crippen molar-refractivity contribution in [2.75, 3.05) is 0 Å². The summed E-state index contributed by atoms with van der Waals surface area (Å²) in [6.07, 6.45) is 1.17.